The van der Waals surface area contributed by atoms with Crippen LogP contribution in [-0.2, 0) is 0 Å². The van der Waals surface area contributed by atoms with Crippen LogP contribution in [0.25, 0.3) is 0 Å². The van der Waals surface area contributed by atoms with Crippen molar-refractivity contribution in [3.63, 3.8) is 0 Å². The van der Waals surface area contributed by atoms with Gasteiger partial charge in [0.25, 0.3) is 0 Å². The number of nitriles is 1. The number of hydrogen-bond donors (Lipinski definition) is 1. The largest absolute Gasteiger partial charge is 0.383 e. The monoisotopic (exact) mass is 242 g/mol. The molecule has 0 aromatic heterocycles. The van der Waals surface area contributed by atoms with E-state index in [0.717, 1.165) is 23.3 Å². The van der Waals surface area contributed by atoms with Crippen LogP contribution in [0.3, 0.4) is 0 Å². The van der Waals surface area contributed by atoms with E-state index >= 15 is 0 Å². The van der Waals surface area contributed by atoms with Crippen LogP contribution in [0.4, 0.5) is 0 Å². The highest BCUT2D eigenvalue weighted by molar-refractivity contribution is 5.45. The lowest BCUT2D eigenvalue weighted by Gasteiger charge is -2.18. The molecule has 0 aromatic carbocycles. The van der Waals surface area contributed by atoms with Crippen LogP contribution in [0, 0.1) is 17.2 Å². The normalized spacial score (nSPS) is 20.0. The summed E-state index contributed by atoms with van der Waals surface area (Å²) < 4.78 is 0. The Morgan fingerprint density at radius 2 is 2.28 bits per heavy atom. The summed E-state index contributed by atoms with van der Waals surface area (Å²) in [5, 5.41) is 12.2. The average molecular weight is 242 g/mol. The molecule has 18 heavy (non-hydrogen) atoms. The number of hydrogen-bond acceptors (Lipinski definition) is 2. The van der Waals surface area contributed by atoms with Gasteiger partial charge in [-0.25, -0.2) is 0 Å². The third kappa shape index (κ3) is 3.92. The summed E-state index contributed by atoms with van der Waals surface area (Å²) in [5.74, 6) is 0.462. The SMILES string of the molecule is C=C(NC(C)C)/C(C)=C/C1=CC(C#N)=CCC1C. The average Bonchev–Trinajstić information content (AvgIpc) is 2.31. The third-order valence-electron chi connectivity index (χ3n) is 3.03. The Balaban J connectivity index is 2.87. The van der Waals surface area contributed by atoms with Crippen LogP contribution in [0.15, 0.2) is 47.2 Å². The molecule has 1 N–H and O–H groups in total. The first kappa shape index (κ1) is 14.3. The zero-order valence-corrected chi connectivity index (χ0v) is 11.7. The van der Waals surface area contributed by atoms with Crippen LogP contribution < -0.4 is 5.32 Å². The molecule has 0 amide bonds. The molecule has 0 heterocycles. The first-order chi connectivity index (χ1) is 8.43. The minimum Gasteiger partial charge on any atom is -0.383 e. The highest BCUT2D eigenvalue weighted by Crippen LogP contribution is 2.26. The Hall–Kier alpha value is -1.75. The number of allylic oxidation sites excluding steroid dienone is 6. The summed E-state index contributed by atoms with van der Waals surface area (Å²) in [7, 11) is 0. The van der Waals surface area contributed by atoms with E-state index in [9.17, 15) is 0 Å². The molecule has 96 valence electrons. The van der Waals surface area contributed by atoms with Gasteiger partial charge in [0.05, 0.1) is 6.07 Å². The zero-order valence-electron chi connectivity index (χ0n) is 11.7. The predicted octanol–water partition coefficient (Wildman–Crippen LogP) is 3.86. The molecule has 0 aliphatic heterocycles. The summed E-state index contributed by atoms with van der Waals surface area (Å²) in [6.07, 6.45) is 7.04. The second kappa shape index (κ2) is 6.26. The highest BCUT2D eigenvalue weighted by Gasteiger charge is 2.12. The van der Waals surface area contributed by atoms with Gasteiger partial charge in [0.2, 0.25) is 0 Å². The van der Waals surface area contributed by atoms with Crippen molar-refractivity contribution in [1.82, 2.24) is 5.32 Å². The molecule has 1 atom stereocenters. The van der Waals surface area contributed by atoms with E-state index in [1.54, 1.807) is 0 Å². The molecule has 0 saturated carbocycles. The molecule has 0 aromatic rings. The van der Waals surface area contributed by atoms with Crippen molar-refractivity contribution in [2.24, 2.45) is 5.92 Å². The fraction of sp³-hybridized carbons (Fsp3) is 0.438. The van der Waals surface area contributed by atoms with Gasteiger partial charge in [-0.3, -0.25) is 0 Å². The van der Waals surface area contributed by atoms with E-state index in [2.05, 4.69) is 51.7 Å². The van der Waals surface area contributed by atoms with E-state index in [4.69, 9.17) is 5.26 Å². The van der Waals surface area contributed by atoms with Gasteiger partial charge in [-0.2, -0.15) is 5.26 Å². The minimum absolute atomic E-state index is 0.383. The Morgan fingerprint density at radius 3 is 2.83 bits per heavy atom. The molecule has 2 heteroatoms. The minimum atomic E-state index is 0.383. The van der Waals surface area contributed by atoms with Crippen molar-refractivity contribution in [3.8, 4) is 6.07 Å². The molecule has 1 aliphatic carbocycles. The van der Waals surface area contributed by atoms with E-state index in [-0.39, 0.29) is 0 Å². The zero-order chi connectivity index (χ0) is 13.7. The van der Waals surface area contributed by atoms with Crippen molar-refractivity contribution >= 4 is 0 Å². The van der Waals surface area contributed by atoms with Crippen molar-refractivity contribution in [2.75, 3.05) is 0 Å². The van der Waals surface area contributed by atoms with Crippen molar-refractivity contribution in [3.05, 3.63) is 47.2 Å². The van der Waals surface area contributed by atoms with Gasteiger partial charge in [0.15, 0.2) is 0 Å². The lowest BCUT2D eigenvalue weighted by Crippen LogP contribution is -2.21. The molecule has 0 fully saturated rings. The predicted molar refractivity (Wildman–Crippen MR) is 76.7 cm³/mol. The lowest BCUT2D eigenvalue weighted by molar-refractivity contribution is 0.673. The second-order valence-corrected chi connectivity index (χ2v) is 5.16. The molecule has 0 spiro atoms. The van der Waals surface area contributed by atoms with Gasteiger partial charge in [-0.15, -0.1) is 0 Å². The molecule has 1 aliphatic rings. The van der Waals surface area contributed by atoms with E-state index < -0.39 is 0 Å². The Bertz CT molecular complexity index is 456. The number of nitrogens with one attached hydrogen (secondary N) is 1. The smallest absolute Gasteiger partial charge is 0.0988 e. The molecular formula is C16H22N2. The maximum atomic E-state index is 8.94. The van der Waals surface area contributed by atoms with Crippen LogP contribution in [0.5, 0.6) is 0 Å². The molecule has 2 nitrogen and oxygen atoms in total. The van der Waals surface area contributed by atoms with E-state index in [0.29, 0.717) is 12.0 Å². The van der Waals surface area contributed by atoms with Crippen LogP contribution in [0.1, 0.15) is 34.1 Å². The summed E-state index contributed by atoms with van der Waals surface area (Å²) >= 11 is 0. The third-order valence-corrected chi connectivity index (χ3v) is 3.03. The molecule has 0 saturated heterocycles. The first-order valence-electron chi connectivity index (χ1n) is 6.40. The number of rotatable bonds is 4. The maximum Gasteiger partial charge on any atom is 0.0988 e. The highest BCUT2D eigenvalue weighted by atomic mass is 14.9. The van der Waals surface area contributed by atoms with Crippen LogP contribution >= 0.6 is 0 Å². The van der Waals surface area contributed by atoms with Crippen LogP contribution in [0.2, 0.25) is 0 Å². The fourth-order valence-electron chi connectivity index (χ4n) is 1.88. The first-order valence-corrected chi connectivity index (χ1v) is 6.40. The van der Waals surface area contributed by atoms with Crippen molar-refractivity contribution in [2.45, 2.75) is 40.2 Å². The van der Waals surface area contributed by atoms with Crippen molar-refractivity contribution < 1.29 is 0 Å². The van der Waals surface area contributed by atoms with Crippen molar-refractivity contribution in [1.29, 1.82) is 5.26 Å². The molecule has 0 bridgehead atoms. The van der Waals surface area contributed by atoms with Gasteiger partial charge < -0.3 is 5.32 Å². The van der Waals surface area contributed by atoms with Gasteiger partial charge in [-0.05, 0) is 50.3 Å². The van der Waals surface area contributed by atoms with Gasteiger partial charge >= 0.3 is 0 Å². The fourth-order valence-corrected chi connectivity index (χ4v) is 1.88. The quantitative estimate of drug-likeness (QED) is 0.760. The van der Waals surface area contributed by atoms with Gasteiger partial charge in [0, 0.05) is 17.3 Å². The second-order valence-electron chi connectivity index (χ2n) is 5.16. The number of nitrogens with zero attached hydrogens (tertiary/aromatic N) is 1. The van der Waals surface area contributed by atoms with E-state index in [1.165, 1.54) is 5.57 Å². The Morgan fingerprint density at radius 1 is 1.61 bits per heavy atom. The summed E-state index contributed by atoms with van der Waals surface area (Å²) in [4.78, 5) is 0. The summed E-state index contributed by atoms with van der Waals surface area (Å²) in [5.41, 5.74) is 4.04. The molecule has 0 radical (unpaired) electrons. The summed E-state index contributed by atoms with van der Waals surface area (Å²) in [6.45, 7) is 12.5. The topological polar surface area (TPSA) is 35.8 Å². The van der Waals surface area contributed by atoms with Gasteiger partial charge in [-0.1, -0.05) is 25.7 Å². The van der Waals surface area contributed by atoms with Gasteiger partial charge in [0.1, 0.15) is 0 Å². The standard InChI is InChI=1S/C16H22N2/c1-11(2)18-14(5)13(4)8-16-9-15(10-17)7-6-12(16)3/h7-9,11-12,18H,5-6H2,1-4H3/b13-8+. The maximum absolute atomic E-state index is 8.94. The Kier molecular flexibility index (Phi) is 4.97. The molecular weight excluding hydrogens is 220 g/mol. The lowest BCUT2D eigenvalue weighted by atomic mass is 9.89. The summed E-state index contributed by atoms with van der Waals surface area (Å²) in [6, 6.07) is 2.59. The van der Waals surface area contributed by atoms with Crippen LogP contribution in [-0.4, -0.2) is 6.04 Å². The molecule has 1 rings (SSSR count). The van der Waals surface area contributed by atoms with E-state index in [1.807, 2.05) is 12.2 Å². The Labute approximate surface area is 110 Å². The molecule has 1 unspecified atom stereocenters.